The van der Waals surface area contributed by atoms with Gasteiger partial charge in [-0.1, -0.05) is 11.6 Å². The minimum atomic E-state index is -0.212. The maximum absolute atomic E-state index is 11.5. The van der Waals surface area contributed by atoms with Crippen molar-refractivity contribution in [2.45, 2.75) is 6.92 Å². The van der Waals surface area contributed by atoms with Gasteiger partial charge in [0.15, 0.2) is 0 Å². The van der Waals surface area contributed by atoms with Gasteiger partial charge in [0, 0.05) is 18.0 Å². The highest BCUT2D eigenvalue weighted by atomic mass is 35.5. The second-order valence-corrected chi connectivity index (χ2v) is 3.58. The van der Waals surface area contributed by atoms with Gasteiger partial charge in [0.05, 0.1) is 5.56 Å². The lowest BCUT2D eigenvalue weighted by Gasteiger charge is -2.04. The molecule has 0 atom stereocenters. The van der Waals surface area contributed by atoms with Gasteiger partial charge in [-0.3, -0.25) is 4.79 Å². The molecular formula is C9H11ClN2OS. The van der Waals surface area contributed by atoms with Gasteiger partial charge in [-0.25, -0.2) is 4.98 Å². The van der Waals surface area contributed by atoms with Gasteiger partial charge in [0.2, 0.25) is 0 Å². The van der Waals surface area contributed by atoms with Gasteiger partial charge in [-0.15, -0.1) is 0 Å². The highest BCUT2D eigenvalue weighted by molar-refractivity contribution is 7.80. The Hall–Kier alpha value is -0.740. The molecule has 1 heterocycles. The molecule has 1 rings (SSSR count). The lowest BCUT2D eigenvalue weighted by molar-refractivity contribution is 0.0956. The van der Waals surface area contributed by atoms with E-state index in [4.69, 9.17) is 11.6 Å². The van der Waals surface area contributed by atoms with E-state index in [0.29, 0.717) is 17.9 Å². The SMILES string of the molecule is Cc1ccc(C(=O)NCCS)c(Cl)n1. The van der Waals surface area contributed by atoms with Gasteiger partial charge in [0.1, 0.15) is 5.15 Å². The molecule has 1 N–H and O–H groups in total. The van der Waals surface area contributed by atoms with E-state index in [2.05, 4.69) is 22.9 Å². The van der Waals surface area contributed by atoms with Gasteiger partial charge in [-0.2, -0.15) is 12.6 Å². The minimum Gasteiger partial charge on any atom is -0.351 e. The van der Waals surface area contributed by atoms with Gasteiger partial charge < -0.3 is 5.32 Å². The van der Waals surface area contributed by atoms with Crippen LogP contribution in [-0.4, -0.2) is 23.2 Å². The van der Waals surface area contributed by atoms with Crippen molar-refractivity contribution in [1.29, 1.82) is 0 Å². The zero-order chi connectivity index (χ0) is 10.6. The molecule has 3 nitrogen and oxygen atoms in total. The third-order valence-corrected chi connectivity index (χ3v) is 2.14. The summed E-state index contributed by atoms with van der Waals surface area (Å²) in [7, 11) is 0. The van der Waals surface area contributed by atoms with Crippen LogP contribution in [0.3, 0.4) is 0 Å². The molecule has 0 aliphatic heterocycles. The monoisotopic (exact) mass is 230 g/mol. The van der Waals surface area contributed by atoms with Crippen molar-refractivity contribution >= 4 is 30.1 Å². The number of thiol groups is 1. The van der Waals surface area contributed by atoms with Crippen LogP contribution in [0.5, 0.6) is 0 Å². The van der Waals surface area contributed by atoms with Crippen LogP contribution in [0.25, 0.3) is 0 Å². The number of carbonyl (C=O) groups excluding carboxylic acids is 1. The zero-order valence-corrected chi connectivity index (χ0v) is 9.40. The number of nitrogens with zero attached hydrogens (tertiary/aromatic N) is 1. The second-order valence-electron chi connectivity index (χ2n) is 2.77. The molecule has 0 saturated heterocycles. The van der Waals surface area contributed by atoms with Gasteiger partial charge in [0.25, 0.3) is 5.91 Å². The zero-order valence-electron chi connectivity index (χ0n) is 7.75. The molecule has 0 aromatic carbocycles. The van der Waals surface area contributed by atoms with Gasteiger partial charge >= 0.3 is 0 Å². The molecule has 76 valence electrons. The number of hydrogen-bond donors (Lipinski definition) is 2. The molecule has 0 aliphatic carbocycles. The fourth-order valence-corrected chi connectivity index (χ4v) is 1.35. The summed E-state index contributed by atoms with van der Waals surface area (Å²) in [6.07, 6.45) is 0. The van der Waals surface area contributed by atoms with Crippen LogP contribution in [0, 0.1) is 6.92 Å². The van der Waals surface area contributed by atoms with Crippen molar-refractivity contribution in [3.05, 3.63) is 28.5 Å². The highest BCUT2D eigenvalue weighted by Crippen LogP contribution is 2.13. The van der Waals surface area contributed by atoms with Crippen LogP contribution in [0.15, 0.2) is 12.1 Å². The first-order chi connectivity index (χ1) is 6.65. The molecule has 0 aliphatic rings. The Morgan fingerprint density at radius 2 is 2.36 bits per heavy atom. The summed E-state index contributed by atoms with van der Waals surface area (Å²) in [5.41, 5.74) is 1.19. The predicted molar refractivity (Wildman–Crippen MR) is 60.2 cm³/mol. The molecule has 5 heteroatoms. The Balaban J connectivity index is 2.80. The third-order valence-electron chi connectivity index (χ3n) is 1.63. The fraction of sp³-hybridized carbons (Fsp3) is 0.333. The smallest absolute Gasteiger partial charge is 0.254 e. The fourth-order valence-electron chi connectivity index (χ4n) is 0.959. The largest absolute Gasteiger partial charge is 0.351 e. The van der Waals surface area contributed by atoms with E-state index in [-0.39, 0.29) is 11.1 Å². The van der Waals surface area contributed by atoms with Crippen LogP contribution in [0.2, 0.25) is 5.15 Å². The summed E-state index contributed by atoms with van der Waals surface area (Å²) in [4.78, 5) is 15.5. The van der Waals surface area contributed by atoms with Crippen LogP contribution in [-0.2, 0) is 0 Å². The van der Waals surface area contributed by atoms with E-state index in [9.17, 15) is 4.79 Å². The van der Waals surface area contributed by atoms with Crippen molar-refractivity contribution < 1.29 is 4.79 Å². The molecule has 0 bridgehead atoms. The molecule has 0 fully saturated rings. The first-order valence-electron chi connectivity index (χ1n) is 4.17. The van der Waals surface area contributed by atoms with Gasteiger partial charge in [-0.05, 0) is 19.1 Å². The summed E-state index contributed by atoms with van der Waals surface area (Å²) in [6.45, 7) is 2.34. The molecule has 0 spiro atoms. The average Bonchev–Trinajstić information content (AvgIpc) is 2.14. The molecule has 1 aromatic rings. The third kappa shape index (κ3) is 2.89. The van der Waals surface area contributed by atoms with E-state index in [1.54, 1.807) is 12.1 Å². The highest BCUT2D eigenvalue weighted by Gasteiger charge is 2.09. The first kappa shape index (κ1) is 11.3. The number of pyridine rings is 1. The number of amides is 1. The molecular weight excluding hydrogens is 220 g/mol. The van der Waals surface area contributed by atoms with Crippen molar-refractivity contribution in [1.82, 2.24) is 10.3 Å². The summed E-state index contributed by atoms with van der Waals surface area (Å²) in [5.74, 6) is 0.388. The second kappa shape index (κ2) is 5.22. The summed E-state index contributed by atoms with van der Waals surface area (Å²) in [5, 5.41) is 2.91. The van der Waals surface area contributed by atoms with Crippen molar-refractivity contribution in [2.24, 2.45) is 0 Å². The lowest BCUT2D eigenvalue weighted by atomic mass is 10.2. The number of aryl methyl sites for hydroxylation is 1. The average molecular weight is 231 g/mol. The normalized spacial score (nSPS) is 9.93. The van der Waals surface area contributed by atoms with Crippen LogP contribution in [0.4, 0.5) is 0 Å². The van der Waals surface area contributed by atoms with E-state index < -0.39 is 0 Å². The topological polar surface area (TPSA) is 42.0 Å². The Bertz CT molecular complexity index is 344. The molecule has 0 unspecified atom stereocenters. The van der Waals surface area contributed by atoms with Crippen molar-refractivity contribution in [2.75, 3.05) is 12.3 Å². The number of aromatic nitrogens is 1. The van der Waals surface area contributed by atoms with E-state index in [0.717, 1.165) is 5.69 Å². The Morgan fingerprint density at radius 1 is 1.64 bits per heavy atom. The van der Waals surface area contributed by atoms with Crippen molar-refractivity contribution in [3.63, 3.8) is 0 Å². The van der Waals surface area contributed by atoms with E-state index in [1.165, 1.54) is 0 Å². The maximum Gasteiger partial charge on any atom is 0.254 e. The lowest BCUT2D eigenvalue weighted by Crippen LogP contribution is -2.25. The molecule has 1 aromatic heterocycles. The van der Waals surface area contributed by atoms with Crippen LogP contribution < -0.4 is 5.32 Å². The standard InChI is InChI=1S/C9H11ClN2OS/c1-6-2-3-7(8(10)12-6)9(13)11-4-5-14/h2-3,14H,4-5H2,1H3,(H,11,13). The number of nitrogens with one attached hydrogen (secondary N) is 1. The Kier molecular flexibility index (Phi) is 4.22. The molecule has 14 heavy (non-hydrogen) atoms. The van der Waals surface area contributed by atoms with E-state index >= 15 is 0 Å². The number of rotatable bonds is 3. The first-order valence-corrected chi connectivity index (χ1v) is 5.18. The summed E-state index contributed by atoms with van der Waals surface area (Å²) in [6, 6.07) is 3.42. The molecule has 0 saturated carbocycles. The van der Waals surface area contributed by atoms with Crippen LogP contribution >= 0.6 is 24.2 Å². The number of carbonyl (C=O) groups is 1. The maximum atomic E-state index is 11.5. The quantitative estimate of drug-likeness (QED) is 0.613. The summed E-state index contributed by atoms with van der Waals surface area (Å²) < 4.78 is 0. The molecule has 0 radical (unpaired) electrons. The Morgan fingerprint density at radius 3 is 2.93 bits per heavy atom. The van der Waals surface area contributed by atoms with Crippen molar-refractivity contribution in [3.8, 4) is 0 Å². The predicted octanol–water partition coefficient (Wildman–Crippen LogP) is 1.70. The molecule has 1 amide bonds. The number of hydrogen-bond acceptors (Lipinski definition) is 3. The van der Waals surface area contributed by atoms with E-state index in [1.807, 2.05) is 6.92 Å². The van der Waals surface area contributed by atoms with Crippen LogP contribution in [0.1, 0.15) is 16.1 Å². The summed E-state index contributed by atoms with van der Waals surface area (Å²) >= 11 is 9.80. The minimum absolute atomic E-state index is 0.212. The Labute approximate surface area is 93.3 Å². The number of halogens is 1.